The smallest absolute Gasteiger partial charge is 0.224 e. The van der Waals surface area contributed by atoms with Crippen LogP contribution in [0.4, 0.5) is 5.69 Å². The van der Waals surface area contributed by atoms with Gasteiger partial charge in [-0.15, -0.1) is 0 Å². The van der Waals surface area contributed by atoms with Crippen LogP contribution in [0.25, 0.3) is 0 Å². The van der Waals surface area contributed by atoms with E-state index in [1.165, 1.54) is 5.56 Å². The van der Waals surface area contributed by atoms with Gasteiger partial charge in [-0.3, -0.25) is 4.79 Å². The van der Waals surface area contributed by atoms with Crippen molar-refractivity contribution in [1.82, 2.24) is 0 Å². The van der Waals surface area contributed by atoms with E-state index in [0.717, 1.165) is 23.9 Å². The normalized spacial score (nSPS) is 10.0. The second-order valence-electron chi connectivity index (χ2n) is 3.56. The molecule has 0 aromatic heterocycles. The average molecular weight is 270 g/mol. The highest BCUT2D eigenvalue weighted by Crippen LogP contribution is 2.09. The number of unbranched alkanes of at least 4 members (excludes halogenated alkanes) is 1. The molecule has 0 aliphatic rings. The molecule has 0 spiro atoms. The van der Waals surface area contributed by atoms with Crippen molar-refractivity contribution in [3.63, 3.8) is 0 Å². The summed E-state index contributed by atoms with van der Waals surface area (Å²) in [7, 11) is 0. The Labute approximate surface area is 99.2 Å². The molecule has 0 fully saturated rings. The van der Waals surface area contributed by atoms with E-state index in [4.69, 9.17) is 0 Å². The molecule has 15 heavy (non-hydrogen) atoms. The summed E-state index contributed by atoms with van der Waals surface area (Å²) in [6.45, 7) is 2.03. The van der Waals surface area contributed by atoms with Gasteiger partial charge in [-0.25, -0.2) is 0 Å². The topological polar surface area (TPSA) is 29.1 Å². The van der Waals surface area contributed by atoms with Gasteiger partial charge in [0.1, 0.15) is 0 Å². The van der Waals surface area contributed by atoms with Gasteiger partial charge in [0, 0.05) is 17.4 Å². The van der Waals surface area contributed by atoms with Gasteiger partial charge in [0.05, 0.1) is 0 Å². The number of carbonyl (C=O) groups is 1. The van der Waals surface area contributed by atoms with E-state index in [2.05, 4.69) is 21.2 Å². The van der Waals surface area contributed by atoms with Crippen molar-refractivity contribution in [3.8, 4) is 0 Å². The van der Waals surface area contributed by atoms with E-state index >= 15 is 0 Å². The van der Waals surface area contributed by atoms with Gasteiger partial charge in [0.25, 0.3) is 0 Å². The molecule has 1 amide bonds. The maximum Gasteiger partial charge on any atom is 0.224 e. The molecule has 0 bridgehead atoms. The van der Waals surface area contributed by atoms with Crippen molar-refractivity contribution in [2.45, 2.75) is 26.2 Å². The summed E-state index contributed by atoms with van der Waals surface area (Å²) in [5.41, 5.74) is 2.08. The van der Waals surface area contributed by atoms with Crippen LogP contribution in [0, 0.1) is 6.92 Å². The third kappa shape index (κ3) is 4.98. The highest BCUT2D eigenvalue weighted by Gasteiger charge is 2.01. The highest BCUT2D eigenvalue weighted by atomic mass is 79.9. The first-order valence-corrected chi connectivity index (χ1v) is 6.27. The minimum atomic E-state index is 0.0970. The lowest BCUT2D eigenvalue weighted by Crippen LogP contribution is -2.10. The van der Waals surface area contributed by atoms with Crippen LogP contribution < -0.4 is 5.32 Å². The maximum absolute atomic E-state index is 11.4. The molecule has 1 aromatic carbocycles. The lowest BCUT2D eigenvalue weighted by atomic mass is 10.2. The predicted octanol–water partition coefficient (Wildman–Crippen LogP) is 3.50. The number of amides is 1. The first-order chi connectivity index (χ1) is 7.22. The number of anilines is 1. The van der Waals surface area contributed by atoms with Crippen LogP contribution in [-0.4, -0.2) is 11.2 Å². The summed E-state index contributed by atoms with van der Waals surface area (Å²) in [5, 5.41) is 3.84. The van der Waals surface area contributed by atoms with Gasteiger partial charge in [0.2, 0.25) is 5.91 Å². The molecule has 0 saturated carbocycles. The number of rotatable bonds is 5. The van der Waals surface area contributed by atoms with E-state index in [1.807, 2.05) is 31.2 Å². The molecule has 82 valence electrons. The van der Waals surface area contributed by atoms with Crippen LogP contribution in [0.15, 0.2) is 24.3 Å². The predicted molar refractivity (Wildman–Crippen MR) is 67.5 cm³/mol. The van der Waals surface area contributed by atoms with Crippen molar-refractivity contribution >= 4 is 27.5 Å². The van der Waals surface area contributed by atoms with Crippen LogP contribution in [0.5, 0.6) is 0 Å². The summed E-state index contributed by atoms with van der Waals surface area (Å²) in [6, 6.07) is 7.84. The molecule has 1 rings (SSSR count). The second-order valence-corrected chi connectivity index (χ2v) is 4.35. The first-order valence-electron chi connectivity index (χ1n) is 5.15. The number of aryl methyl sites for hydroxylation is 1. The number of nitrogens with one attached hydrogen (secondary N) is 1. The summed E-state index contributed by atoms with van der Waals surface area (Å²) in [5.74, 6) is 0.0970. The molecule has 0 aliphatic heterocycles. The van der Waals surface area contributed by atoms with E-state index in [9.17, 15) is 4.79 Å². The molecule has 0 unspecified atom stereocenters. The number of hydrogen-bond acceptors (Lipinski definition) is 1. The molecule has 1 aromatic rings. The summed E-state index contributed by atoms with van der Waals surface area (Å²) in [4.78, 5) is 11.4. The Morgan fingerprint density at radius 3 is 2.53 bits per heavy atom. The van der Waals surface area contributed by atoms with E-state index in [1.54, 1.807) is 0 Å². The van der Waals surface area contributed by atoms with Gasteiger partial charge in [-0.2, -0.15) is 0 Å². The van der Waals surface area contributed by atoms with Crippen LogP contribution >= 0.6 is 15.9 Å². The first kappa shape index (κ1) is 12.2. The quantitative estimate of drug-likeness (QED) is 0.644. The van der Waals surface area contributed by atoms with Crippen LogP contribution in [-0.2, 0) is 4.79 Å². The van der Waals surface area contributed by atoms with Crippen molar-refractivity contribution in [3.05, 3.63) is 29.8 Å². The maximum atomic E-state index is 11.4. The standard InChI is InChI=1S/C12H16BrNO/c1-10-5-7-11(8-6-10)14-12(15)4-2-3-9-13/h5-8H,2-4,9H2,1H3,(H,14,15). The van der Waals surface area contributed by atoms with Crippen LogP contribution in [0.1, 0.15) is 24.8 Å². The lowest BCUT2D eigenvalue weighted by molar-refractivity contribution is -0.116. The molecular weight excluding hydrogens is 254 g/mol. The minimum Gasteiger partial charge on any atom is -0.326 e. The number of hydrogen-bond donors (Lipinski definition) is 1. The highest BCUT2D eigenvalue weighted by molar-refractivity contribution is 9.09. The number of benzene rings is 1. The van der Waals surface area contributed by atoms with Gasteiger partial charge in [-0.05, 0) is 31.9 Å². The number of halogens is 1. The molecular formula is C12H16BrNO. The van der Waals surface area contributed by atoms with Gasteiger partial charge in [0.15, 0.2) is 0 Å². The Balaban J connectivity index is 2.34. The number of carbonyl (C=O) groups excluding carboxylic acids is 1. The molecule has 0 saturated heterocycles. The molecule has 3 heteroatoms. The van der Waals surface area contributed by atoms with Gasteiger partial charge >= 0.3 is 0 Å². The summed E-state index contributed by atoms with van der Waals surface area (Å²) < 4.78 is 0. The minimum absolute atomic E-state index is 0.0970. The average Bonchev–Trinajstić information content (AvgIpc) is 2.22. The molecule has 1 N–H and O–H groups in total. The SMILES string of the molecule is Cc1ccc(NC(=O)CCCCBr)cc1. The zero-order chi connectivity index (χ0) is 11.1. The lowest BCUT2D eigenvalue weighted by Gasteiger charge is -2.04. The zero-order valence-electron chi connectivity index (χ0n) is 8.92. The van der Waals surface area contributed by atoms with E-state index in [-0.39, 0.29) is 5.91 Å². The Kier molecular flexibility index (Phi) is 5.40. The second kappa shape index (κ2) is 6.62. The fourth-order valence-corrected chi connectivity index (χ4v) is 1.64. The van der Waals surface area contributed by atoms with Gasteiger partial charge < -0.3 is 5.32 Å². The zero-order valence-corrected chi connectivity index (χ0v) is 10.5. The van der Waals surface area contributed by atoms with Crippen molar-refractivity contribution in [2.75, 3.05) is 10.6 Å². The fraction of sp³-hybridized carbons (Fsp3) is 0.417. The molecule has 0 aliphatic carbocycles. The fourth-order valence-electron chi connectivity index (χ4n) is 1.24. The van der Waals surface area contributed by atoms with Crippen LogP contribution in [0.2, 0.25) is 0 Å². The van der Waals surface area contributed by atoms with E-state index < -0.39 is 0 Å². The number of alkyl halides is 1. The van der Waals surface area contributed by atoms with Crippen molar-refractivity contribution in [1.29, 1.82) is 0 Å². The third-order valence-corrected chi connectivity index (χ3v) is 2.68. The van der Waals surface area contributed by atoms with Crippen LogP contribution in [0.3, 0.4) is 0 Å². The third-order valence-electron chi connectivity index (χ3n) is 2.12. The monoisotopic (exact) mass is 269 g/mol. The summed E-state index contributed by atoms with van der Waals surface area (Å²) in [6.07, 6.45) is 2.57. The van der Waals surface area contributed by atoms with Gasteiger partial charge in [-0.1, -0.05) is 33.6 Å². The molecule has 2 nitrogen and oxygen atoms in total. The van der Waals surface area contributed by atoms with Crippen molar-refractivity contribution in [2.24, 2.45) is 0 Å². The summed E-state index contributed by atoms with van der Waals surface area (Å²) >= 11 is 3.34. The largest absolute Gasteiger partial charge is 0.326 e. The molecule has 0 heterocycles. The molecule has 0 atom stereocenters. The Hall–Kier alpha value is -0.830. The molecule has 0 radical (unpaired) electrons. The Morgan fingerprint density at radius 2 is 1.93 bits per heavy atom. The van der Waals surface area contributed by atoms with E-state index in [0.29, 0.717) is 6.42 Å². The Bertz CT molecular complexity index is 308. The van der Waals surface area contributed by atoms with Crippen molar-refractivity contribution < 1.29 is 4.79 Å². The Morgan fingerprint density at radius 1 is 1.27 bits per heavy atom.